The van der Waals surface area contributed by atoms with E-state index in [1.54, 1.807) is 5.01 Å². The van der Waals surface area contributed by atoms with Crippen molar-refractivity contribution in [3.8, 4) is 0 Å². The summed E-state index contributed by atoms with van der Waals surface area (Å²) < 4.78 is 0. The molecule has 2 aliphatic rings. The van der Waals surface area contributed by atoms with E-state index in [1.807, 2.05) is 133 Å². The van der Waals surface area contributed by atoms with Crippen molar-refractivity contribution in [1.29, 1.82) is 0 Å². The van der Waals surface area contributed by atoms with Crippen LogP contribution in [-0.2, 0) is 4.79 Å². The van der Waals surface area contributed by atoms with E-state index in [0.29, 0.717) is 27.6 Å². The molecule has 1 amide bonds. The molecule has 0 aromatic heterocycles. The van der Waals surface area contributed by atoms with E-state index in [-0.39, 0.29) is 16.7 Å². The van der Waals surface area contributed by atoms with Gasteiger partial charge in [0, 0.05) is 11.1 Å². The van der Waals surface area contributed by atoms with Crippen molar-refractivity contribution in [2.24, 2.45) is 10.2 Å². The molecule has 41 heavy (non-hydrogen) atoms. The number of rotatable bonds is 5. The molecule has 0 aliphatic carbocycles. The lowest BCUT2D eigenvalue weighted by Crippen LogP contribution is -2.24. The van der Waals surface area contributed by atoms with Crippen LogP contribution in [0, 0.1) is 0 Å². The second-order valence-corrected chi connectivity index (χ2v) is 10.5. The Hall–Kier alpha value is -5.27. The second kappa shape index (κ2) is 10.4. The number of fused-ring (bicyclic) bond motifs is 1. The zero-order chi connectivity index (χ0) is 27.8. The fourth-order valence-corrected chi connectivity index (χ4v) is 5.91. The maximum atomic E-state index is 14.1. The van der Waals surface area contributed by atoms with Gasteiger partial charge in [-0.05, 0) is 52.9 Å². The zero-order valence-electron chi connectivity index (χ0n) is 21.7. The van der Waals surface area contributed by atoms with Gasteiger partial charge in [-0.25, -0.2) is 5.01 Å². The highest BCUT2D eigenvalue weighted by molar-refractivity contribution is 8.19. The summed E-state index contributed by atoms with van der Waals surface area (Å²) in [5.74, 6) is -0.492. The molecule has 0 atom stereocenters. The van der Waals surface area contributed by atoms with Crippen molar-refractivity contribution in [2.45, 2.75) is 0 Å². The minimum absolute atomic E-state index is 0.208. The number of thioether (sulfide) groups is 1. The van der Waals surface area contributed by atoms with Crippen molar-refractivity contribution >= 4 is 56.4 Å². The van der Waals surface area contributed by atoms with Gasteiger partial charge in [-0.2, -0.15) is 15.2 Å². The van der Waals surface area contributed by atoms with Crippen LogP contribution in [0.2, 0.25) is 0 Å². The Bertz CT molecular complexity index is 1900. The van der Waals surface area contributed by atoms with Gasteiger partial charge < -0.3 is 0 Å². The average molecular weight is 551 g/mol. The maximum absolute atomic E-state index is 14.1. The Kier molecular flexibility index (Phi) is 6.26. The average Bonchev–Trinajstić information content (AvgIpc) is 3.63. The van der Waals surface area contributed by atoms with E-state index < -0.39 is 0 Å². The topological polar surface area (TPSA) is 65.3 Å². The monoisotopic (exact) mass is 550 g/mol. The van der Waals surface area contributed by atoms with Gasteiger partial charge in [0.2, 0.25) is 5.78 Å². The smallest absolute Gasteiger partial charge is 0.283 e. The van der Waals surface area contributed by atoms with Crippen molar-refractivity contribution in [3.63, 3.8) is 0 Å². The number of amides is 1. The molecule has 5 aromatic rings. The minimum Gasteiger partial charge on any atom is -0.286 e. The number of hydrazone groups is 2. The van der Waals surface area contributed by atoms with E-state index in [9.17, 15) is 9.59 Å². The molecule has 0 fully saturated rings. The first-order chi connectivity index (χ1) is 20.2. The highest BCUT2D eigenvalue weighted by Crippen LogP contribution is 2.41. The Morgan fingerprint density at radius 2 is 1.20 bits per heavy atom. The van der Waals surface area contributed by atoms with Gasteiger partial charge in [-0.1, -0.05) is 103 Å². The van der Waals surface area contributed by atoms with Crippen LogP contribution in [0.15, 0.2) is 154 Å². The van der Waals surface area contributed by atoms with E-state index in [4.69, 9.17) is 10.2 Å². The molecule has 0 radical (unpaired) electrons. The fraction of sp³-hybridized carbons (Fsp3) is 0. The van der Waals surface area contributed by atoms with Gasteiger partial charge in [0.25, 0.3) is 5.91 Å². The molecule has 6 nitrogen and oxygen atoms in total. The molecular formula is C34H22N4O2S. The number of anilines is 2. The van der Waals surface area contributed by atoms with E-state index in [1.165, 1.54) is 16.8 Å². The van der Waals surface area contributed by atoms with Gasteiger partial charge in [0.1, 0.15) is 16.3 Å². The van der Waals surface area contributed by atoms with Crippen LogP contribution in [0.1, 0.15) is 15.9 Å². The minimum atomic E-state index is -0.284. The largest absolute Gasteiger partial charge is 0.286 e. The number of carbonyl (C=O) groups is 2. The quantitative estimate of drug-likeness (QED) is 0.171. The van der Waals surface area contributed by atoms with Crippen molar-refractivity contribution < 1.29 is 9.59 Å². The van der Waals surface area contributed by atoms with Crippen LogP contribution < -0.4 is 10.0 Å². The first-order valence-electron chi connectivity index (χ1n) is 13.1. The second-order valence-electron chi connectivity index (χ2n) is 9.49. The number of hydrogen-bond donors (Lipinski definition) is 0. The standard InChI is InChI=1S/C34H22N4O2S/c39-31(26-21-20-23-12-10-11-15-25(23)22-26)32-36-38(28-18-8-3-9-19-28)34(41-32)29-30(24-13-4-1-5-14-24)35-37(33(29)40)27-16-6-2-7-17-27/h1-22H. The van der Waals surface area contributed by atoms with Gasteiger partial charge >= 0.3 is 0 Å². The van der Waals surface area contributed by atoms with Gasteiger partial charge in [-0.15, -0.1) is 0 Å². The third-order valence-corrected chi connectivity index (χ3v) is 7.92. The summed E-state index contributed by atoms with van der Waals surface area (Å²) in [6, 6.07) is 42.0. The molecule has 0 spiro atoms. The Labute approximate surface area is 240 Å². The first-order valence-corrected chi connectivity index (χ1v) is 13.9. The molecule has 0 unspecified atom stereocenters. The number of benzene rings is 5. The maximum Gasteiger partial charge on any atom is 0.283 e. The summed E-state index contributed by atoms with van der Waals surface area (Å²) >= 11 is 1.20. The predicted octanol–water partition coefficient (Wildman–Crippen LogP) is 7.25. The van der Waals surface area contributed by atoms with Crippen LogP contribution in [0.4, 0.5) is 11.4 Å². The van der Waals surface area contributed by atoms with Crippen LogP contribution in [0.25, 0.3) is 10.8 Å². The number of nitrogens with zero attached hydrogens (tertiary/aromatic N) is 4. The van der Waals surface area contributed by atoms with Crippen molar-refractivity contribution in [1.82, 2.24) is 0 Å². The number of para-hydroxylation sites is 2. The van der Waals surface area contributed by atoms with Gasteiger partial charge in [-0.3, -0.25) is 9.59 Å². The summed E-state index contributed by atoms with van der Waals surface area (Å²) in [5, 5.41) is 15.5. The fourth-order valence-electron chi connectivity index (χ4n) is 4.88. The van der Waals surface area contributed by atoms with Crippen molar-refractivity contribution in [2.75, 3.05) is 10.0 Å². The number of Topliss-reactive ketones (excluding diaryl/α,β-unsaturated/α-hetero) is 1. The molecule has 2 aliphatic heterocycles. The predicted molar refractivity (Wildman–Crippen MR) is 166 cm³/mol. The summed E-state index contributed by atoms with van der Waals surface area (Å²) in [7, 11) is 0. The van der Waals surface area contributed by atoms with Gasteiger partial charge in [0.05, 0.1) is 11.4 Å². The number of ketones is 1. The lowest BCUT2D eigenvalue weighted by atomic mass is 10.0. The normalized spacial score (nSPS) is 16.7. The van der Waals surface area contributed by atoms with E-state index in [2.05, 4.69) is 0 Å². The highest BCUT2D eigenvalue weighted by atomic mass is 32.2. The number of hydrogen-bond acceptors (Lipinski definition) is 6. The first kappa shape index (κ1) is 24.7. The zero-order valence-corrected chi connectivity index (χ0v) is 22.5. The van der Waals surface area contributed by atoms with E-state index >= 15 is 0 Å². The number of carbonyl (C=O) groups excluding carboxylic acids is 2. The van der Waals surface area contributed by atoms with Crippen LogP contribution in [0.5, 0.6) is 0 Å². The summed E-state index contributed by atoms with van der Waals surface area (Å²) in [6.45, 7) is 0. The Morgan fingerprint density at radius 3 is 1.88 bits per heavy atom. The molecule has 0 saturated carbocycles. The molecule has 7 rings (SSSR count). The molecule has 5 aromatic carbocycles. The lowest BCUT2D eigenvalue weighted by Gasteiger charge is -2.18. The van der Waals surface area contributed by atoms with E-state index in [0.717, 1.165) is 22.0 Å². The van der Waals surface area contributed by atoms with Crippen LogP contribution in [-0.4, -0.2) is 22.4 Å². The Balaban J connectivity index is 1.37. The molecule has 0 N–H and O–H groups in total. The molecular weight excluding hydrogens is 528 g/mol. The summed E-state index contributed by atoms with van der Waals surface area (Å²) in [6.07, 6.45) is 0. The molecule has 0 bridgehead atoms. The molecule has 7 heteroatoms. The molecule has 196 valence electrons. The molecule has 2 heterocycles. The van der Waals surface area contributed by atoms with Crippen LogP contribution >= 0.6 is 11.8 Å². The van der Waals surface area contributed by atoms with Crippen molar-refractivity contribution in [3.05, 3.63) is 155 Å². The summed E-state index contributed by atoms with van der Waals surface area (Å²) in [4.78, 5) is 27.9. The Morgan fingerprint density at radius 1 is 0.610 bits per heavy atom. The lowest BCUT2D eigenvalue weighted by molar-refractivity contribution is -0.114. The highest BCUT2D eigenvalue weighted by Gasteiger charge is 2.40. The third-order valence-electron chi connectivity index (χ3n) is 6.89. The SMILES string of the molecule is O=C(C1=NN(c2ccccc2)C(=C2C(=O)N(c3ccccc3)N=C2c2ccccc2)S1)c1ccc2ccccc2c1. The van der Waals surface area contributed by atoms with Crippen LogP contribution in [0.3, 0.4) is 0 Å². The third kappa shape index (κ3) is 4.52. The summed E-state index contributed by atoms with van der Waals surface area (Å²) in [5.41, 5.74) is 3.64. The van der Waals surface area contributed by atoms with Gasteiger partial charge in [0.15, 0.2) is 5.04 Å². The molecule has 0 saturated heterocycles.